The topological polar surface area (TPSA) is 72.2 Å². The maximum Gasteiger partial charge on any atom is 0.241 e. The smallest absolute Gasteiger partial charge is 0.241 e. The van der Waals surface area contributed by atoms with Crippen LogP contribution in [0.2, 0.25) is 0 Å². The van der Waals surface area contributed by atoms with Crippen molar-refractivity contribution in [3.63, 3.8) is 0 Å². The minimum atomic E-state index is -3.52. The van der Waals surface area contributed by atoms with Gasteiger partial charge in [-0.2, -0.15) is 0 Å². The number of anilines is 1. The molecule has 1 atom stereocenters. The third-order valence-electron chi connectivity index (χ3n) is 4.19. The standard InChI is InChI=1S/C17H20N2O2S/c1-2-12-3-8-15(9-4-12)22(20,21)19-17-10-6-13-5-7-14(18)11-16(13)17/h3-5,7-9,11,17,19H,2,6,10,18H2,1H3. The lowest BCUT2D eigenvalue weighted by Gasteiger charge is -2.15. The van der Waals surface area contributed by atoms with E-state index in [0.29, 0.717) is 10.6 Å². The fourth-order valence-corrected chi connectivity index (χ4v) is 4.15. The number of aryl methyl sites for hydroxylation is 2. The van der Waals surface area contributed by atoms with Crippen molar-refractivity contribution in [2.75, 3.05) is 5.73 Å². The number of benzene rings is 2. The Balaban J connectivity index is 1.85. The Kier molecular flexibility index (Phi) is 3.93. The van der Waals surface area contributed by atoms with Gasteiger partial charge in [-0.05, 0) is 60.2 Å². The van der Waals surface area contributed by atoms with Crippen LogP contribution in [-0.4, -0.2) is 8.42 Å². The second-order valence-corrected chi connectivity index (χ2v) is 7.38. The number of fused-ring (bicyclic) bond motifs is 1. The van der Waals surface area contributed by atoms with E-state index in [9.17, 15) is 8.42 Å². The summed E-state index contributed by atoms with van der Waals surface area (Å²) in [5.41, 5.74) is 9.77. The van der Waals surface area contributed by atoms with E-state index < -0.39 is 10.0 Å². The van der Waals surface area contributed by atoms with Crippen LogP contribution in [0.25, 0.3) is 0 Å². The molecule has 0 radical (unpaired) electrons. The third kappa shape index (κ3) is 2.87. The molecule has 22 heavy (non-hydrogen) atoms. The molecule has 5 heteroatoms. The summed E-state index contributed by atoms with van der Waals surface area (Å²) in [5, 5.41) is 0. The van der Waals surface area contributed by atoms with Gasteiger partial charge in [-0.1, -0.05) is 25.1 Å². The molecule has 1 unspecified atom stereocenters. The van der Waals surface area contributed by atoms with Gasteiger partial charge in [0.1, 0.15) is 0 Å². The van der Waals surface area contributed by atoms with E-state index in [1.165, 1.54) is 5.56 Å². The maximum atomic E-state index is 12.5. The zero-order chi connectivity index (χ0) is 15.7. The fraction of sp³-hybridized carbons (Fsp3) is 0.294. The summed E-state index contributed by atoms with van der Waals surface area (Å²) in [7, 11) is -3.52. The molecule has 3 N–H and O–H groups in total. The van der Waals surface area contributed by atoms with Gasteiger partial charge in [0, 0.05) is 11.7 Å². The van der Waals surface area contributed by atoms with Crippen molar-refractivity contribution >= 4 is 15.7 Å². The van der Waals surface area contributed by atoms with Crippen molar-refractivity contribution in [2.45, 2.75) is 37.1 Å². The molecule has 0 aromatic heterocycles. The van der Waals surface area contributed by atoms with Crippen LogP contribution in [0, 0.1) is 0 Å². The van der Waals surface area contributed by atoms with Crippen LogP contribution in [0.1, 0.15) is 36.1 Å². The first-order valence-electron chi connectivity index (χ1n) is 7.49. The fourth-order valence-electron chi connectivity index (χ4n) is 2.90. The van der Waals surface area contributed by atoms with Gasteiger partial charge in [-0.25, -0.2) is 13.1 Å². The van der Waals surface area contributed by atoms with Crippen LogP contribution in [0.3, 0.4) is 0 Å². The van der Waals surface area contributed by atoms with E-state index in [4.69, 9.17) is 5.73 Å². The molecule has 4 nitrogen and oxygen atoms in total. The Morgan fingerprint density at radius 1 is 1.18 bits per heavy atom. The van der Waals surface area contributed by atoms with Gasteiger partial charge in [0.05, 0.1) is 4.90 Å². The van der Waals surface area contributed by atoms with Gasteiger partial charge in [-0.3, -0.25) is 0 Å². The van der Waals surface area contributed by atoms with Gasteiger partial charge in [0.25, 0.3) is 0 Å². The zero-order valence-electron chi connectivity index (χ0n) is 12.5. The number of rotatable bonds is 4. The van der Waals surface area contributed by atoms with Crippen LogP contribution in [0.4, 0.5) is 5.69 Å². The molecule has 2 aromatic rings. The molecular weight excluding hydrogens is 296 g/mol. The molecule has 0 saturated heterocycles. The summed E-state index contributed by atoms with van der Waals surface area (Å²) in [6.45, 7) is 2.04. The number of nitrogens with one attached hydrogen (secondary N) is 1. The third-order valence-corrected chi connectivity index (χ3v) is 5.67. The lowest BCUT2D eigenvalue weighted by molar-refractivity contribution is 0.554. The first-order valence-corrected chi connectivity index (χ1v) is 8.97. The molecule has 0 heterocycles. The quantitative estimate of drug-likeness (QED) is 0.852. The van der Waals surface area contributed by atoms with E-state index >= 15 is 0 Å². The van der Waals surface area contributed by atoms with E-state index in [-0.39, 0.29) is 6.04 Å². The van der Waals surface area contributed by atoms with Crippen molar-refractivity contribution in [1.82, 2.24) is 4.72 Å². The van der Waals surface area contributed by atoms with E-state index in [1.807, 2.05) is 37.3 Å². The first kappa shape index (κ1) is 15.1. The monoisotopic (exact) mass is 316 g/mol. The number of nitrogen functional groups attached to an aromatic ring is 1. The highest BCUT2D eigenvalue weighted by Gasteiger charge is 2.27. The zero-order valence-corrected chi connectivity index (χ0v) is 13.4. The largest absolute Gasteiger partial charge is 0.399 e. The van der Waals surface area contributed by atoms with Gasteiger partial charge in [-0.15, -0.1) is 0 Å². The molecule has 1 aliphatic rings. The normalized spacial score (nSPS) is 17.4. The number of sulfonamides is 1. The number of nitrogens with two attached hydrogens (primary N) is 1. The van der Waals surface area contributed by atoms with Gasteiger partial charge >= 0.3 is 0 Å². The molecule has 0 aliphatic heterocycles. The average molecular weight is 316 g/mol. The summed E-state index contributed by atoms with van der Waals surface area (Å²) in [4.78, 5) is 0.307. The SMILES string of the molecule is CCc1ccc(S(=O)(=O)NC2CCc3ccc(N)cc32)cc1. The summed E-state index contributed by atoms with van der Waals surface area (Å²) in [5.74, 6) is 0. The highest BCUT2D eigenvalue weighted by molar-refractivity contribution is 7.89. The van der Waals surface area contributed by atoms with Crippen LogP contribution in [0.15, 0.2) is 47.4 Å². The van der Waals surface area contributed by atoms with Crippen LogP contribution in [0.5, 0.6) is 0 Å². The van der Waals surface area contributed by atoms with Crippen molar-refractivity contribution in [2.24, 2.45) is 0 Å². The lowest BCUT2D eigenvalue weighted by atomic mass is 10.1. The summed E-state index contributed by atoms with van der Waals surface area (Å²) >= 11 is 0. The minimum Gasteiger partial charge on any atom is -0.399 e. The van der Waals surface area contributed by atoms with Crippen molar-refractivity contribution in [3.05, 3.63) is 59.2 Å². The summed E-state index contributed by atoms with van der Waals surface area (Å²) in [6.07, 6.45) is 2.53. The Bertz CT molecular complexity index is 783. The van der Waals surface area contributed by atoms with E-state index in [2.05, 4.69) is 4.72 Å². The molecule has 3 rings (SSSR count). The molecule has 116 valence electrons. The van der Waals surface area contributed by atoms with Gasteiger partial charge in [0.2, 0.25) is 10.0 Å². The molecular formula is C17H20N2O2S. The highest BCUT2D eigenvalue weighted by atomic mass is 32.2. The predicted molar refractivity (Wildman–Crippen MR) is 88.1 cm³/mol. The molecule has 0 bridgehead atoms. The highest BCUT2D eigenvalue weighted by Crippen LogP contribution is 2.33. The Morgan fingerprint density at radius 2 is 1.91 bits per heavy atom. The molecule has 0 spiro atoms. The molecule has 0 saturated carbocycles. The van der Waals surface area contributed by atoms with Crippen LogP contribution >= 0.6 is 0 Å². The number of hydrogen-bond acceptors (Lipinski definition) is 3. The second kappa shape index (κ2) is 5.74. The molecule has 0 fully saturated rings. The lowest BCUT2D eigenvalue weighted by Crippen LogP contribution is -2.27. The molecule has 0 amide bonds. The molecule has 2 aromatic carbocycles. The number of hydrogen-bond donors (Lipinski definition) is 2. The molecule has 1 aliphatic carbocycles. The summed E-state index contributed by atoms with van der Waals surface area (Å²) in [6, 6.07) is 12.6. The van der Waals surface area contributed by atoms with Gasteiger partial charge < -0.3 is 5.73 Å². The Labute approximate surface area is 131 Å². The van der Waals surface area contributed by atoms with E-state index in [1.54, 1.807) is 12.1 Å². The van der Waals surface area contributed by atoms with Crippen molar-refractivity contribution < 1.29 is 8.42 Å². The maximum absolute atomic E-state index is 12.5. The van der Waals surface area contributed by atoms with Crippen LogP contribution in [-0.2, 0) is 22.9 Å². The van der Waals surface area contributed by atoms with Crippen molar-refractivity contribution in [1.29, 1.82) is 0 Å². The minimum absolute atomic E-state index is 0.200. The summed E-state index contributed by atoms with van der Waals surface area (Å²) < 4.78 is 27.9. The first-order chi connectivity index (χ1) is 10.5. The Hall–Kier alpha value is -1.85. The van der Waals surface area contributed by atoms with Crippen LogP contribution < -0.4 is 10.5 Å². The van der Waals surface area contributed by atoms with Gasteiger partial charge in [0.15, 0.2) is 0 Å². The van der Waals surface area contributed by atoms with E-state index in [0.717, 1.165) is 30.4 Å². The second-order valence-electron chi connectivity index (χ2n) is 5.67. The average Bonchev–Trinajstić information content (AvgIpc) is 2.89. The predicted octanol–water partition coefficient (Wildman–Crippen LogP) is 2.80. The van der Waals surface area contributed by atoms with Crippen molar-refractivity contribution in [3.8, 4) is 0 Å². The Morgan fingerprint density at radius 3 is 2.59 bits per heavy atom.